The van der Waals surface area contributed by atoms with E-state index >= 15 is 0 Å². The van der Waals surface area contributed by atoms with Gasteiger partial charge in [0.2, 0.25) is 0 Å². The molecule has 8 atom stereocenters. The molecule has 4 aliphatic heterocycles. The van der Waals surface area contributed by atoms with Crippen molar-refractivity contribution in [1.82, 2.24) is 76.1 Å². The summed E-state index contributed by atoms with van der Waals surface area (Å²) >= 11 is 30.3. The number of H-pyrrole nitrogens is 2. The summed E-state index contributed by atoms with van der Waals surface area (Å²) in [6.45, 7) is 3.73. The van der Waals surface area contributed by atoms with Gasteiger partial charge in [-0.2, -0.15) is 15.5 Å². The number of nitrogens with zero attached hydrogens (tertiary/aromatic N) is 14. The van der Waals surface area contributed by atoms with Gasteiger partial charge in [-0.05, 0) is 143 Å². The number of aromatic nitrogens is 11. The first-order chi connectivity index (χ1) is 70.9. The summed E-state index contributed by atoms with van der Waals surface area (Å²) in [5.41, 5.74) is 11.5. The quantitative estimate of drug-likeness (QED) is 0.0121. The highest BCUT2D eigenvalue weighted by atomic mass is 35.5. The van der Waals surface area contributed by atoms with Crippen LogP contribution in [0.2, 0.25) is 20.1 Å². The standard InChI is InChI=1S/C28H24ClF2N5O4S.C26H22ClF2N5O4S.C23H20ClF2N5O2S.C22H18ClF2N5O2S/c1-2-40-28(39)21-24(14-3-4-15-13-36(9-7-20(37)38)19(12-32)17(15)11-14)34-26(27-33-8-10-41-27)35-25(21)16-5-6-18(30)23(31)22(16)29;1-38-26(37)19-22(12-2-5-16-13(10-12)11-31-17(32-16)6-7-18(35)36)33-24(25-30-8-9-39-25)34-23(19)14-3-4-15(28)21(29)20(14)27;1-2-33-23(32)16-19(11-3-6-15-12(9-11)10-28-31-15)29-21(22-27-7-8-34-22)30-20(16)13-4-5-14(25)18(26)17(13)24;1-32-22(31)15-18(10-2-5-14-11(8-10)9-27-30-14)28-20(21-26-6-7-33-21)29-19(15)12-3-4-13(24)17(25)16(12)23/h5-6,8,10,13-14,25H,2-4,7,9,11H2,1H3,(H,34,35)(H,37,38);3-4,8-9,11-12,23H,2,5-7,10H2,1H3,(H,33,34)(H,35,36);4-5,7-8,10-11,20H,2-3,6,9H2,1H3,(H,28,31)(H,29,30);3-4,6-7,9-10,19H,2,5,8H2,1H3,(H,27,30)(H,28,29). The van der Waals surface area contributed by atoms with Crippen molar-refractivity contribution in [3.8, 4) is 6.07 Å². The van der Waals surface area contributed by atoms with Gasteiger partial charge < -0.3 is 55.0 Å². The second-order valence-corrected chi connectivity index (χ2v) is 39.3. The number of hydrogen-bond donors (Lipinski definition) is 8. The van der Waals surface area contributed by atoms with Crippen LogP contribution in [0.1, 0.15) is 175 Å². The van der Waals surface area contributed by atoms with E-state index < -0.39 is 127 Å². The summed E-state index contributed by atoms with van der Waals surface area (Å²) in [6, 6.07) is 7.15. The first-order valence-corrected chi connectivity index (χ1v) is 50.9. The van der Waals surface area contributed by atoms with E-state index in [1.807, 2.05) is 11.6 Å². The smallest absolute Gasteiger partial charge is 0.338 e. The molecule has 8 aliphatic rings. The van der Waals surface area contributed by atoms with Gasteiger partial charge in [-0.25, -0.2) is 84.2 Å². The Morgan fingerprint density at radius 2 is 0.796 bits per heavy atom. The molecule has 12 aromatic rings. The summed E-state index contributed by atoms with van der Waals surface area (Å²) in [7, 11) is 2.51. The number of aliphatic imine (C=N–C) groups is 4. The number of aliphatic carboxylic acids is 2. The molecule has 12 heterocycles. The zero-order valence-electron chi connectivity index (χ0n) is 77.8. The van der Waals surface area contributed by atoms with Crippen molar-refractivity contribution in [2.75, 3.05) is 27.4 Å². The zero-order valence-corrected chi connectivity index (χ0v) is 84.1. The van der Waals surface area contributed by atoms with Crippen molar-refractivity contribution in [3.63, 3.8) is 0 Å². The molecule has 20 rings (SSSR count). The molecule has 0 spiro atoms. The summed E-state index contributed by atoms with van der Waals surface area (Å²) in [6.07, 6.45) is 21.0. The number of carboxylic acids is 2. The first-order valence-electron chi connectivity index (χ1n) is 45.8. The van der Waals surface area contributed by atoms with Crippen molar-refractivity contribution in [3.05, 3.63) is 330 Å². The first kappa shape index (κ1) is 104. The number of aryl methyl sites for hydroxylation is 6. The number of benzene rings is 4. The van der Waals surface area contributed by atoms with Gasteiger partial charge in [-0.15, -0.1) is 45.3 Å². The van der Waals surface area contributed by atoms with E-state index in [0.29, 0.717) is 129 Å². The lowest BCUT2D eigenvalue weighted by Crippen LogP contribution is -2.38. The van der Waals surface area contributed by atoms with Gasteiger partial charge >= 0.3 is 35.8 Å². The zero-order chi connectivity index (χ0) is 104. The lowest BCUT2D eigenvalue weighted by atomic mass is 9.80. The molecule has 0 saturated heterocycles. The van der Waals surface area contributed by atoms with Crippen LogP contribution in [0.3, 0.4) is 0 Å². The van der Waals surface area contributed by atoms with Gasteiger partial charge in [0.25, 0.3) is 0 Å². The molecule has 147 heavy (non-hydrogen) atoms. The second-order valence-electron chi connectivity index (χ2n) is 34.3. The number of carbonyl (C=O) groups is 6. The Morgan fingerprint density at radius 3 is 1.14 bits per heavy atom. The number of allylic oxidation sites excluding steroid dienone is 4. The van der Waals surface area contributed by atoms with Gasteiger partial charge in [0, 0.05) is 157 Å². The number of hydrogen-bond acceptors (Lipinski definition) is 31. The third-order valence-corrected chi connectivity index (χ3v) is 30.3. The second kappa shape index (κ2) is 45.9. The molecule has 0 saturated carbocycles. The van der Waals surface area contributed by atoms with Crippen LogP contribution in [0.5, 0.6) is 0 Å². The molecule has 0 amide bonds. The van der Waals surface area contributed by atoms with Crippen LogP contribution in [0.15, 0.2) is 185 Å². The van der Waals surface area contributed by atoms with Gasteiger partial charge in [0.1, 0.15) is 41.8 Å². The SMILES string of the molecule is CCOC(=O)C1=C(C2CCc3[nH]ncc3C2)NC(c2nccs2)=NC1c1ccc(F)c(F)c1Cl.CCOC(=O)C1=C(C2CCc3cn(CCC(=O)O)c(C#N)c3C2)NC(c2nccs2)=NC1c1ccc(F)c(F)c1Cl.COC(=O)C1=C(C2CCc3[nH]ncc3C2)NC(c2nccs2)=NC1c1ccc(F)c(F)c1Cl.COC(=O)C1=C(C2CCc3nc(CCC(=O)O)ncc3C2)NC(c2nccs2)=NC1c1ccc(F)c(F)c1Cl. The molecule has 0 radical (unpaired) electrons. The van der Waals surface area contributed by atoms with Crippen molar-refractivity contribution >= 4 is 151 Å². The molecule has 32 nitrogen and oxygen atoms in total. The van der Waals surface area contributed by atoms with Crippen molar-refractivity contribution in [2.24, 2.45) is 43.6 Å². The Hall–Kier alpha value is -14.1. The Labute approximate surface area is 867 Å². The Kier molecular flexibility index (Phi) is 32.6. The molecule has 4 aromatic carbocycles. The predicted octanol–water partition coefficient (Wildman–Crippen LogP) is 17.8. The van der Waals surface area contributed by atoms with Crippen molar-refractivity contribution in [2.45, 2.75) is 141 Å². The number of thiazole rings is 4. The van der Waals surface area contributed by atoms with Crippen LogP contribution in [0.4, 0.5) is 35.1 Å². The minimum absolute atomic E-state index is 0.0620. The van der Waals surface area contributed by atoms with E-state index in [9.17, 15) is 69.2 Å². The van der Waals surface area contributed by atoms with Crippen LogP contribution in [-0.4, -0.2) is 152 Å². The predicted molar refractivity (Wildman–Crippen MR) is 528 cm³/mol. The van der Waals surface area contributed by atoms with Gasteiger partial charge in [0.15, 0.2) is 89.9 Å². The van der Waals surface area contributed by atoms with Crippen molar-refractivity contribution < 1.29 is 93.1 Å². The van der Waals surface area contributed by atoms with Crippen LogP contribution in [0.25, 0.3) is 0 Å². The molecule has 8 aromatic heterocycles. The number of aromatic amines is 2. The van der Waals surface area contributed by atoms with E-state index in [1.165, 1.54) is 83.8 Å². The maximum Gasteiger partial charge on any atom is 0.338 e. The lowest BCUT2D eigenvalue weighted by molar-refractivity contribution is -0.139. The molecule has 760 valence electrons. The maximum absolute atomic E-state index is 14.6. The third-order valence-electron chi connectivity index (χ3n) is 25.7. The molecule has 0 bridgehead atoms. The average Bonchev–Trinajstić information content (AvgIpc) is 1.75. The number of fused-ring (bicyclic) bond motifs is 4. The maximum atomic E-state index is 14.6. The summed E-state index contributed by atoms with van der Waals surface area (Å²) < 4.78 is 136. The fourth-order valence-corrected chi connectivity index (χ4v) is 22.2. The number of ether oxygens (including phenoxy) is 4. The number of carboxylic acid groups (broad SMARTS) is 2. The largest absolute Gasteiger partial charge is 0.481 e. The van der Waals surface area contributed by atoms with E-state index in [-0.39, 0.29) is 107 Å². The molecular formula is C99H84Cl4F8N20O12S4. The number of amidine groups is 4. The Bertz CT molecular complexity index is 7450. The Morgan fingerprint density at radius 1 is 0.449 bits per heavy atom. The molecule has 0 fully saturated rings. The third kappa shape index (κ3) is 22.2. The molecule has 48 heteroatoms. The summed E-state index contributed by atoms with van der Waals surface area (Å²) in [5.74, 6) is -12.4. The summed E-state index contributed by atoms with van der Waals surface area (Å²) in [4.78, 5) is 120. The fourth-order valence-electron chi connectivity index (χ4n) is 18.8. The Balaban J connectivity index is 0.000000134. The average molecular weight is 2170 g/mol. The van der Waals surface area contributed by atoms with E-state index in [4.69, 9.17) is 80.6 Å². The summed E-state index contributed by atoms with van der Waals surface area (Å²) in [5, 5.41) is 63.1. The van der Waals surface area contributed by atoms with E-state index in [1.54, 1.807) is 77.9 Å². The molecular weight excluding hydrogens is 2080 g/mol. The molecule has 8 N–H and O–H groups in total. The van der Waals surface area contributed by atoms with Crippen LogP contribution in [0, 0.1) is 81.5 Å². The molecule has 8 unspecified atom stereocenters. The van der Waals surface area contributed by atoms with E-state index in [0.717, 1.165) is 94.8 Å². The highest BCUT2D eigenvalue weighted by Crippen LogP contribution is 2.49. The van der Waals surface area contributed by atoms with Gasteiger partial charge in [0.05, 0.1) is 95.1 Å². The molecule has 4 aliphatic carbocycles. The lowest BCUT2D eigenvalue weighted by Gasteiger charge is -2.33. The number of halogens is 12. The minimum atomic E-state index is -1.25. The highest BCUT2D eigenvalue weighted by Gasteiger charge is 2.46. The normalized spacial score (nSPS) is 19.2. The number of carbonyl (C=O) groups excluding carboxylic acids is 4. The van der Waals surface area contributed by atoms with Gasteiger partial charge in [-0.3, -0.25) is 39.8 Å². The fraction of sp³-hybridized carbons (Fsp3) is 0.303. The number of methoxy groups -OCH3 is 2. The minimum Gasteiger partial charge on any atom is -0.481 e. The number of nitrogens with one attached hydrogen (secondary N) is 6. The van der Waals surface area contributed by atoms with Crippen molar-refractivity contribution in [1.29, 1.82) is 5.26 Å². The highest BCUT2D eigenvalue weighted by molar-refractivity contribution is 7.12. The number of nitriles is 1. The van der Waals surface area contributed by atoms with Crippen LogP contribution in [-0.2, 0) is 112 Å². The number of esters is 4. The monoisotopic (exact) mass is 2160 g/mol. The number of rotatable bonds is 24. The van der Waals surface area contributed by atoms with Crippen LogP contribution >= 0.6 is 91.8 Å². The topological polar surface area (TPSA) is 441 Å². The van der Waals surface area contributed by atoms with Gasteiger partial charge in [-0.1, -0.05) is 70.7 Å². The van der Waals surface area contributed by atoms with E-state index in [2.05, 4.69) is 92.6 Å². The van der Waals surface area contributed by atoms with Crippen LogP contribution < -0.4 is 21.3 Å².